The first kappa shape index (κ1) is 11.0. The fraction of sp³-hybridized carbons (Fsp3) is 0.417. The minimum atomic E-state index is 0.293. The minimum absolute atomic E-state index is 0.293. The predicted octanol–water partition coefficient (Wildman–Crippen LogP) is 1.35. The van der Waals surface area contributed by atoms with E-state index in [0.717, 1.165) is 18.8 Å². The molecule has 4 heteroatoms. The van der Waals surface area contributed by atoms with Gasteiger partial charge in [-0.2, -0.15) is 0 Å². The van der Waals surface area contributed by atoms with Crippen molar-refractivity contribution in [2.45, 2.75) is 13.0 Å². The molecule has 2 N–H and O–H groups in total. The van der Waals surface area contributed by atoms with Crippen LogP contribution in [0.25, 0.3) is 0 Å². The summed E-state index contributed by atoms with van der Waals surface area (Å²) in [6.45, 7) is 4.33. The molecule has 1 saturated heterocycles. The van der Waals surface area contributed by atoms with E-state index in [-0.39, 0.29) is 0 Å². The molecule has 0 saturated carbocycles. The zero-order valence-electron chi connectivity index (χ0n) is 9.47. The number of para-hydroxylation sites is 1. The van der Waals surface area contributed by atoms with E-state index in [0.29, 0.717) is 18.6 Å². The number of morpholine rings is 1. The number of aliphatic imine (C=N–C) groups is 1. The Balaban J connectivity index is 2.11. The van der Waals surface area contributed by atoms with Crippen LogP contribution in [0.3, 0.4) is 0 Å². The van der Waals surface area contributed by atoms with E-state index in [1.807, 2.05) is 30.3 Å². The number of nitrogens with zero attached hydrogens (tertiary/aromatic N) is 2. The number of benzene rings is 1. The Morgan fingerprint density at radius 2 is 2.19 bits per heavy atom. The standard InChI is InChI=1S/C12H17N3O/c1-10-9-16-8-7-15(10)12(13)14-11-5-3-2-4-6-11/h2-6,10H,7-9H2,1H3,(H2,13,14). The molecule has 1 unspecified atom stereocenters. The Labute approximate surface area is 95.7 Å². The van der Waals surface area contributed by atoms with Crippen molar-refractivity contribution >= 4 is 11.6 Å². The Morgan fingerprint density at radius 1 is 1.44 bits per heavy atom. The molecule has 86 valence electrons. The second-order valence-corrected chi connectivity index (χ2v) is 3.92. The first-order valence-electron chi connectivity index (χ1n) is 5.51. The molecule has 0 aromatic heterocycles. The lowest BCUT2D eigenvalue weighted by atomic mass is 10.3. The first-order valence-corrected chi connectivity index (χ1v) is 5.51. The van der Waals surface area contributed by atoms with Crippen molar-refractivity contribution in [2.75, 3.05) is 19.8 Å². The van der Waals surface area contributed by atoms with Gasteiger partial charge in [0.05, 0.1) is 24.9 Å². The van der Waals surface area contributed by atoms with E-state index in [1.165, 1.54) is 0 Å². The molecule has 1 aliphatic rings. The molecule has 1 aromatic carbocycles. The van der Waals surface area contributed by atoms with Crippen LogP contribution in [0.15, 0.2) is 35.3 Å². The van der Waals surface area contributed by atoms with E-state index >= 15 is 0 Å². The van der Waals surface area contributed by atoms with E-state index in [9.17, 15) is 0 Å². The molecule has 0 aliphatic carbocycles. The maximum absolute atomic E-state index is 5.99. The summed E-state index contributed by atoms with van der Waals surface area (Å²) in [5.74, 6) is 0.571. The molecule has 0 bridgehead atoms. The molecule has 0 spiro atoms. The summed E-state index contributed by atoms with van der Waals surface area (Å²) >= 11 is 0. The van der Waals surface area contributed by atoms with Gasteiger partial charge in [-0.1, -0.05) is 18.2 Å². The number of hydrogen-bond donors (Lipinski definition) is 1. The highest BCUT2D eigenvalue weighted by atomic mass is 16.5. The normalized spacial score (nSPS) is 22.2. The Morgan fingerprint density at radius 3 is 2.88 bits per heavy atom. The smallest absolute Gasteiger partial charge is 0.196 e. The minimum Gasteiger partial charge on any atom is -0.377 e. The number of guanidine groups is 1. The average Bonchev–Trinajstić information content (AvgIpc) is 2.31. The van der Waals surface area contributed by atoms with Crippen LogP contribution in [0.1, 0.15) is 6.92 Å². The van der Waals surface area contributed by atoms with Crippen LogP contribution in [0.4, 0.5) is 5.69 Å². The van der Waals surface area contributed by atoms with E-state index < -0.39 is 0 Å². The zero-order chi connectivity index (χ0) is 11.4. The van der Waals surface area contributed by atoms with Crippen molar-refractivity contribution in [1.29, 1.82) is 0 Å². The van der Waals surface area contributed by atoms with Crippen molar-refractivity contribution in [2.24, 2.45) is 10.7 Å². The van der Waals surface area contributed by atoms with Gasteiger partial charge in [-0.3, -0.25) is 0 Å². The van der Waals surface area contributed by atoms with Gasteiger partial charge in [0.2, 0.25) is 0 Å². The van der Waals surface area contributed by atoms with Gasteiger partial charge in [-0.25, -0.2) is 4.99 Å². The lowest BCUT2D eigenvalue weighted by molar-refractivity contribution is 0.0327. The van der Waals surface area contributed by atoms with Crippen LogP contribution in [-0.2, 0) is 4.74 Å². The van der Waals surface area contributed by atoms with Gasteiger partial charge < -0.3 is 15.4 Å². The van der Waals surface area contributed by atoms with Crippen LogP contribution < -0.4 is 5.73 Å². The van der Waals surface area contributed by atoms with Crippen molar-refractivity contribution in [1.82, 2.24) is 4.90 Å². The first-order chi connectivity index (χ1) is 7.77. The number of hydrogen-bond acceptors (Lipinski definition) is 2. The SMILES string of the molecule is CC1COCCN1C(N)=Nc1ccccc1. The summed E-state index contributed by atoms with van der Waals surface area (Å²) in [4.78, 5) is 6.48. The van der Waals surface area contributed by atoms with Gasteiger partial charge in [0.15, 0.2) is 5.96 Å². The topological polar surface area (TPSA) is 50.9 Å². The van der Waals surface area contributed by atoms with Gasteiger partial charge in [-0.05, 0) is 19.1 Å². The lowest BCUT2D eigenvalue weighted by Crippen LogP contribution is -2.50. The fourth-order valence-corrected chi connectivity index (χ4v) is 1.77. The maximum atomic E-state index is 5.99. The molecular weight excluding hydrogens is 202 g/mol. The third-order valence-electron chi connectivity index (χ3n) is 2.66. The van der Waals surface area contributed by atoms with E-state index in [1.54, 1.807) is 0 Å². The third kappa shape index (κ3) is 2.52. The molecule has 2 rings (SSSR count). The molecule has 16 heavy (non-hydrogen) atoms. The summed E-state index contributed by atoms with van der Waals surface area (Å²) in [7, 11) is 0. The van der Waals surface area contributed by atoms with Gasteiger partial charge in [0.25, 0.3) is 0 Å². The molecule has 1 aromatic rings. The molecule has 1 atom stereocenters. The molecular formula is C12H17N3O. The molecule has 4 nitrogen and oxygen atoms in total. The highest BCUT2D eigenvalue weighted by Gasteiger charge is 2.20. The van der Waals surface area contributed by atoms with E-state index in [2.05, 4.69) is 16.8 Å². The Kier molecular flexibility index (Phi) is 3.41. The van der Waals surface area contributed by atoms with Crippen LogP contribution in [-0.4, -0.2) is 36.7 Å². The fourth-order valence-electron chi connectivity index (χ4n) is 1.77. The maximum Gasteiger partial charge on any atom is 0.196 e. The molecule has 1 fully saturated rings. The lowest BCUT2D eigenvalue weighted by Gasteiger charge is -2.33. The van der Waals surface area contributed by atoms with Gasteiger partial charge in [0.1, 0.15) is 0 Å². The summed E-state index contributed by atoms with van der Waals surface area (Å²) in [5.41, 5.74) is 6.88. The van der Waals surface area contributed by atoms with Crippen molar-refractivity contribution in [3.05, 3.63) is 30.3 Å². The highest BCUT2D eigenvalue weighted by molar-refractivity contribution is 5.81. The monoisotopic (exact) mass is 219 g/mol. The number of rotatable bonds is 1. The highest BCUT2D eigenvalue weighted by Crippen LogP contribution is 2.12. The third-order valence-corrected chi connectivity index (χ3v) is 2.66. The van der Waals surface area contributed by atoms with Crippen LogP contribution in [0.2, 0.25) is 0 Å². The van der Waals surface area contributed by atoms with Gasteiger partial charge in [-0.15, -0.1) is 0 Å². The van der Waals surface area contributed by atoms with Crippen molar-refractivity contribution in [3.8, 4) is 0 Å². The second-order valence-electron chi connectivity index (χ2n) is 3.92. The second kappa shape index (κ2) is 4.99. The molecule has 1 heterocycles. The van der Waals surface area contributed by atoms with Crippen molar-refractivity contribution < 1.29 is 4.74 Å². The molecule has 0 radical (unpaired) electrons. The quantitative estimate of drug-likeness (QED) is 0.573. The van der Waals surface area contributed by atoms with Gasteiger partial charge >= 0.3 is 0 Å². The van der Waals surface area contributed by atoms with Gasteiger partial charge in [0, 0.05) is 6.54 Å². The predicted molar refractivity (Wildman–Crippen MR) is 64.7 cm³/mol. The number of ether oxygens (including phenoxy) is 1. The Hall–Kier alpha value is -1.55. The number of nitrogens with two attached hydrogens (primary N) is 1. The largest absolute Gasteiger partial charge is 0.377 e. The molecule has 0 amide bonds. The summed E-state index contributed by atoms with van der Waals surface area (Å²) in [6.07, 6.45) is 0. The zero-order valence-corrected chi connectivity index (χ0v) is 9.47. The van der Waals surface area contributed by atoms with Crippen molar-refractivity contribution in [3.63, 3.8) is 0 Å². The average molecular weight is 219 g/mol. The van der Waals surface area contributed by atoms with Crippen LogP contribution >= 0.6 is 0 Å². The van der Waals surface area contributed by atoms with Crippen LogP contribution in [0, 0.1) is 0 Å². The Bertz CT molecular complexity index is 364. The van der Waals surface area contributed by atoms with E-state index in [4.69, 9.17) is 10.5 Å². The summed E-state index contributed by atoms with van der Waals surface area (Å²) < 4.78 is 5.36. The molecule has 1 aliphatic heterocycles. The van der Waals surface area contributed by atoms with Crippen LogP contribution in [0.5, 0.6) is 0 Å². The summed E-state index contributed by atoms with van der Waals surface area (Å²) in [6, 6.07) is 10.0. The summed E-state index contributed by atoms with van der Waals surface area (Å²) in [5, 5.41) is 0.